The van der Waals surface area contributed by atoms with Crippen LogP contribution >= 0.6 is 0 Å². The van der Waals surface area contributed by atoms with E-state index in [2.05, 4.69) is 25.6 Å². The number of sulfone groups is 1. The predicted octanol–water partition coefficient (Wildman–Crippen LogP) is 1.67. The number of rotatable bonds is 7. The largest absolute Gasteiger partial charge is 0.352 e. The first-order valence-electron chi connectivity index (χ1n) is 7.76. The van der Waals surface area contributed by atoms with E-state index in [4.69, 9.17) is 0 Å². The summed E-state index contributed by atoms with van der Waals surface area (Å²) in [5, 5.41) is 5.66. The smallest absolute Gasteiger partial charge is 0.234 e. The highest BCUT2D eigenvalue weighted by Crippen LogP contribution is 2.13. The zero-order valence-electron chi connectivity index (χ0n) is 14.4. The molecule has 1 amide bonds. The van der Waals surface area contributed by atoms with E-state index in [0.717, 1.165) is 18.4 Å². The lowest BCUT2D eigenvalue weighted by Gasteiger charge is -2.14. The Morgan fingerprint density at radius 1 is 1.16 bits per heavy atom. The van der Waals surface area contributed by atoms with Crippen LogP contribution in [0.3, 0.4) is 0 Å². The second-order valence-corrected chi connectivity index (χ2v) is 7.83. The normalized spacial score (nSPS) is 12.4. The van der Waals surface area contributed by atoms with Crippen LogP contribution in [-0.2, 0) is 21.1 Å². The number of aromatic nitrogens is 3. The van der Waals surface area contributed by atoms with E-state index in [1.807, 2.05) is 19.1 Å². The van der Waals surface area contributed by atoms with Crippen molar-refractivity contribution < 1.29 is 13.2 Å². The highest BCUT2D eigenvalue weighted by atomic mass is 32.2. The standard InChI is InChI=1S/C16H21N5O3S/c1-11(19-15-17-10-18-16(21-15)20-12(2)22)4-5-13-6-8-14(9-7-13)25(3,23)24/h6-11H,4-5H2,1-3H3,(H2,17,18,19,20,21,22). The summed E-state index contributed by atoms with van der Waals surface area (Å²) < 4.78 is 22.9. The van der Waals surface area contributed by atoms with Gasteiger partial charge in [-0.15, -0.1) is 0 Å². The quantitative estimate of drug-likeness (QED) is 0.769. The Bertz CT molecular complexity index is 837. The lowest BCUT2D eigenvalue weighted by molar-refractivity contribution is -0.114. The maximum atomic E-state index is 11.5. The summed E-state index contributed by atoms with van der Waals surface area (Å²) in [5.74, 6) is 0.343. The molecule has 0 saturated carbocycles. The minimum atomic E-state index is -3.17. The molecule has 0 spiro atoms. The first-order valence-corrected chi connectivity index (χ1v) is 9.65. The van der Waals surface area contributed by atoms with Crippen molar-refractivity contribution in [2.75, 3.05) is 16.9 Å². The second-order valence-electron chi connectivity index (χ2n) is 5.81. The van der Waals surface area contributed by atoms with Gasteiger partial charge in [0.2, 0.25) is 17.8 Å². The summed E-state index contributed by atoms with van der Waals surface area (Å²) >= 11 is 0. The van der Waals surface area contributed by atoms with Crippen molar-refractivity contribution in [2.24, 2.45) is 0 Å². The van der Waals surface area contributed by atoms with Crippen LogP contribution in [-0.4, -0.2) is 41.6 Å². The molecule has 1 heterocycles. The molecule has 2 rings (SSSR count). The predicted molar refractivity (Wildman–Crippen MR) is 95.1 cm³/mol. The van der Waals surface area contributed by atoms with Crippen LogP contribution < -0.4 is 10.6 Å². The van der Waals surface area contributed by atoms with Gasteiger partial charge in [-0.1, -0.05) is 12.1 Å². The summed E-state index contributed by atoms with van der Waals surface area (Å²) in [4.78, 5) is 23.3. The number of nitrogens with zero attached hydrogens (tertiary/aromatic N) is 3. The summed E-state index contributed by atoms with van der Waals surface area (Å²) in [6, 6.07) is 6.97. The van der Waals surface area contributed by atoms with Crippen molar-refractivity contribution >= 4 is 27.6 Å². The van der Waals surface area contributed by atoms with E-state index in [9.17, 15) is 13.2 Å². The first-order chi connectivity index (χ1) is 11.7. The van der Waals surface area contributed by atoms with Crippen molar-refractivity contribution in [3.05, 3.63) is 36.2 Å². The Morgan fingerprint density at radius 3 is 2.40 bits per heavy atom. The molecule has 2 aromatic rings. The highest BCUT2D eigenvalue weighted by molar-refractivity contribution is 7.90. The fourth-order valence-electron chi connectivity index (χ4n) is 2.16. The Morgan fingerprint density at radius 2 is 1.80 bits per heavy atom. The van der Waals surface area contributed by atoms with E-state index in [1.54, 1.807) is 12.1 Å². The Kier molecular flexibility index (Phi) is 6.02. The molecule has 25 heavy (non-hydrogen) atoms. The molecule has 2 N–H and O–H groups in total. The molecule has 9 heteroatoms. The van der Waals surface area contributed by atoms with Crippen molar-refractivity contribution in [2.45, 2.75) is 37.6 Å². The molecular weight excluding hydrogens is 342 g/mol. The third-order valence-electron chi connectivity index (χ3n) is 3.45. The minimum absolute atomic E-state index is 0.0853. The molecule has 0 aliphatic rings. The minimum Gasteiger partial charge on any atom is -0.352 e. The molecule has 0 bridgehead atoms. The monoisotopic (exact) mass is 363 g/mol. The lowest BCUT2D eigenvalue weighted by atomic mass is 10.1. The number of carbonyl (C=O) groups excluding carboxylic acids is 1. The maximum Gasteiger partial charge on any atom is 0.234 e. The number of anilines is 2. The van der Waals surface area contributed by atoms with Gasteiger partial charge in [0.05, 0.1) is 4.90 Å². The third-order valence-corrected chi connectivity index (χ3v) is 4.58. The van der Waals surface area contributed by atoms with Gasteiger partial charge in [0.25, 0.3) is 0 Å². The number of amides is 1. The van der Waals surface area contributed by atoms with Crippen molar-refractivity contribution in [1.29, 1.82) is 0 Å². The van der Waals surface area contributed by atoms with E-state index in [-0.39, 0.29) is 17.9 Å². The Hall–Kier alpha value is -2.55. The van der Waals surface area contributed by atoms with Crippen molar-refractivity contribution in [3.63, 3.8) is 0 Å². The number of nitrogens with one attached hydrogen (secondary N) is 2. The van der Waals surface area contributed by atoms with Gasteiger partial charge in [-0.3, -0.25) is 10.1 Å². The van der Waals surface area contributed by atoms with Crippen LogP contribution in [0, 0.1) is 0 Å². The van der Waals surface area contributed by atoms with Gasteiger partial charge in [0.1, 0.15) is 6.33 Å². The molecule has 8 nitrogen and oxygen atoms in total. The molecule has 1 atom stereocenters. The van der Waals surface area contributed by atoms with Gasteiger partial charge in [-0.25, -0.2) is 18.4 Å². The molecule has 0 saturated heterocycles. The van der Waals surface area contributed by atoms with Crippen LogP contribution in [0.5, 0.6) is 0 Å². The van der Waals surface area contributed by atoms with Gasteiger partial charge in [0, 0.05) is 19.2 Å². The average molecular weight is 363 g/mol. The molecule has 1 unspecified atom stereocenters. The molecule has 1 aromatic carbocycles. The summed E-state index contributed by atoms with van der Waals surface area (Å²) in [6.45, 7) is 3.38. The van der Waals surface area contributed by atoms with E-state index in [0.29, 0.717) is 10.8 Å². The van der Waals surface area contributed by atoms with Crippen molar-refractivity contribution in [1.82, 2.24) is 15.0 Å². The number of carbonyl (C=O) groups is 1. The van der Waals surface area contributed by atoms with Gasteiger partial charge >= 0.3 is 0 Å². The Balaban J connectivity index is 1.90. The van der Waals surface area contributed by atoms with Crippen LogP contribution in [0.4, 0.5) is 11.9 Å². The summed E-state index contributed by atoms with van der Waals surface area (Å²) in [7, 11) is -3.17. The van der Waals surface area contributed by atoms with Gasteiger partial charge < -0.3 is 5.32 Å². The number of hydrogen-bond donors (Lipinski definition) is 2. The fraction of sp³-hybridized carbons (Fsp3) is 0.375. The van der Waals surface area contributed by atoms with Crippen LogP contribution in [0.2, 0.25) is 0 Å². The van der Waals surface area contributed by atoms with Crippen LogP contribution in [0.15, 0.2) is 35.5 Å². The zero-order chi connectivity index (χ0) is 18.4. The molecule has 1 aromatic heterocycles. The average Bonchev–Trinajstić information content (AvgIpc) is 2.52. The molecule has 0 fully saturated rings. The molecule has 0 aliphatic carbocycles. The van der Waals surface area contributed by atoms with Crippen LogP contribution in [0.25, 0.3) is 0 Å². The second kappa shape index (κ2) is 8.02. The fourth-order valence-corrected chi connectivity index (χ4v) is 2.79. The SMILES string of the molecule is CC(=O)Nc1ncnc(NC(C)CCc2ccc(S(C)(=O)=O)cc2)n1. The summed E-state index contributed by atoms with van der Waals surface area (Å²) in [6.07, 6.45) is 4.11. The van der Waals surface area contributed by atoms with E-state index >= 15 is 0 Å². The first kappa shape index (κ1) is 18.8. The zero-order valence-corrected chi connectivity index (χ0v) is 15.2. The Labute approximate surface area is 147 Å². The van der Waals surface area contributed by atoms with Crippen LogP contribution in [0.1, 0.15) is 25.8 Å². The molecule has 0 radical (unpaired) electrons. The topological polar surface area (TPSA) is 114 Å². The van der Waals surface area contributed by atoms with E-state index < -0.39 is 9.84 Å². The number of benzene rings is 1. The lowest BCUT2D eigenvalue weighted by Crippen LogP contribution is -2.19. The molecule has 0 aliphatic heterocycles. The number of aryl methyl sites for hydroxylation is 1. The van der Waals surface area contributed by atoms with Gasteiger partial charge in [-0.05, 0) is 37.5 Å². The summed E-state index contributed by atoms with van der Waals surface area (Å²) in [5.41, 5.74) is 1.05. The highest BCUT2D eigenvalue weighted by Gasteiger charge is 2.09. The van der Waals surface area contributed by atoms with Gasteiger partial charge in [-0.2, -0.15) is 4.98 Å². The number of hydrogen-bond acceptors (Lipinski definition) is 7. The molecular formula is C16H21N5O3S. The maximum absolute atomic E-state index is 11.5. The van der Waals surface area contributed by atoms with E-state index in [1.165, 1.54) is 19.5 Å². The van der Waals surface area contributed by atoms with Gasteiger partial charge in [0.15, 0.2) is 9.84 Å². The van der Waals surface area contributed by atoms with Crippen molar-refractivity contribution in [3.8, 4) is 0 Å². The molecule has 134 valence electrons. The third kappa shape index (κ3) is 6.11.